The Morgan fingerprint density at radius 3 is 3.00 bits per heavy atom. The molecule has 2 aliphatic rings. The second-order valence-corrected chi connectivity index (χ2v) is 5.17. The minimum absolute atomic E-state index is 0.834. The molecular formula is C14H20N2. The molecule has 1 aliphatic heterocycles. The first-order valence-corrected chi connectivity index (χ1v) is 6.39. The first-order chi connectivity index (χ1) is 7.83. The third kappa shape index (κ3) is 1.82. The lowest BCUT2D eigenvalue weighted by Gasteiger charge is -2.34. The molecule has 0 radical (unpaired) electrons. The van der Waals surface area contributed by atoms with Crippen LogP contribution in [0.25, 0.3) is 0 Å². The SMILES string of the molecule is CN(Cc1ccc2c(c1)NCC2)C1CCC1. The van der Waals surface area contributed by atoms with E-state index in [1.807, 2.05) is 0 Å². The lowest BCUT2D eigenvalue weighted by atomic mass is 9.91. The summed E-state index contributed by atoms with van der Waals surface area (Å²) >= 11 is 0. The second kappa shape index (κ2) is 4.10. The van der Waals surface area contributed by atoms with Gasteiger partial charge in [0.05, 0.1) is 0 Å². The van der Waals surface area contributed by atoms with Gasteiger partial charge in [-0.25, -0.2) is 0 Å². The Kier molecular flexibility index (Phi) is 2.60. The maximum atomic E-state index is 3.45. The van der Waals surface area contributed by atoms with Crippen LogP contribution in [0.15, 0.2) is 18.2 Å². The van der Waals surface area contributed by atoms with Crippen LogP contribution < -0.4 is 5.32 Å². The van der Waals surface area contributed by atoms with Crippen molar-refractivity contribution < 1.29 is 0 Å². The first-order valence-electron chi connectivity index (χ1n) is 6.39. The van der Waals surface area contributed by atoms with Crippen molar-refractivity contribution in [3.8, 4) is 0 Å². The smallest absolute Gasteiger partial charge is 0.0376 e. The van der Waals surface area contributed by atoms with Crippen molar-refractivity contribution in [1.29, 1.82) is 0 Å². The molecule has 0 amide bonds. The molecule has 0 saturated heterocycles. The zero-order chi connectivity index (χ0) is 11.0. The summed E-state index contributed by atoms with van der Waals surface area (Å²) in [5.74, 6) is 0. The zero-order valence-corrected chi connectivity index (χ0v) is 10.00. The fraction of sp³-hybridized carbons (Fsp3) is 0.571. The van der Waals surface area contributed by atoms with Crippen LogP contribution in [0.1, 0.15) is 30.4 Å². The lowest BCUT2D eigenvalue weighted by Crippen LogP contribution is -2.36. The molecule has 1 N–H and O–H groups in total. The summed E-state index contributed by atoms with van der Waals surface area (Å²) in [5.41, 5.74) is 4.29. The summed E-state index contributed by atoms with van der Waals surface area (Å²) in [4.78, 5) is 2.50. The molecule has 1 fully saturated rings. The van der Waals surface area contributed by atoms with E-state index in [9.17, 15) is 0 Å². The molecule has 3 rings (SSSR count). The molecule has 0 atom stereocenters. The minimum Gasteiger partial charge on any atom is -0.384 e. The van der Waals surface area contributed by atoms with E-state index in [1.54, 1.807) is 0 Å². The van der Waals surface area contributed by atoms with Crippen LogP contribution in [-0.2, 0) is 13.0 Å². The largest absolute Gasteiger partial charge is 0.384 e. The number of hydrogen-bond donors (Lipinski definition) is 1. The fourth-order valence-corrected chi connectivity index (χ4v) is 2.68. The topological polar surface area (TPSA) is 15.3 Å². The van der Waals surface area contributed by atoms with Crippen molar-refractivity contribution in [2.45, 2.75) is 38.3 Å². The highest BCUT2D eigenvalue weighted by atomic mass is 15.1. The number of hydrogen-bond acceptors (Lipinski definition) is 2. The highest BCUT2D eigenvalue weighted by Crippen LogP contribution is 2.27. The van der Waals surface area contributed by atoms with Crippen LogP contribution in [0, 0.1) is 0 Å². The van der Waals surface area contributed by atoms with Gasteiger partial charge < -0.3 is 5.32 Å². The standard InChI is InChI=1S/C14H20N2/c1-16(13-3-2-4-13)10-11-5-6-12-7-8-15-14(12)9-11/h5-6,9,13,15H,2-4,7-8,10H2,1H3. The van der Waals surface area contributed by atoms with Crippen LogP contribution >= 0.6 is 0 Å². The molecule has 16 heavy (non-hydrogen) atoms. The van der Waals surface area contributed by atoms with Crippen molar-refractivity contribution in [1.82, 2.24) is 4.90 Å². The van der Waals surface area contributed by atoms with E-state index in [4.69, 9.17) is 0 Å². The van der Waals surface area contributed by atoms with E-state index < -0.39 is 0 Å². The number of rotatable bonds is 3. The molecule has 2 nitrogen and oxygen atoms in total. The van der Waals surface area contributed by atoms with Crippen LogP contribution in [0.3, 0.4) is 0 Å². The summed E-state index contributed by atoms with van der Waals surface area (Å²) in [6.07, 6.45) is 5.38. The van der Waals surface area contributed by atoms with Crippen molar-refractivity contribution in [2.75, 3.05) is 18.9 Å². The van der Waals surface area contributed by atoms with Gasteiger partial charge in [0.25, 0.3) is 0 Å². The van der Waals surface area contributed by atoms with Gasteiger partial charge in [0, 0.05) is 24.8 Å². The van der Waals surface area contributed by atoms with Gasteiger partial charge in [0.1, 0.15) is 0 Å². The molecule has 0 unspecified atom stereocenters. The highest BCUT2D eigenvalue weighted by Gasteiger charge is 2.22. The first kappa shape index (κ1) is 10.2. The van der Waals surface area contributed by atoms with Crippen LogP contribution in [0.5, 0.6) is 0 Å². The lowest BCUT2D eigenvalue weighted by molar-refractivity contribution is 0.152. The molecule has 1 aromatic carbocycles. The molecule has 1 aromatic rings. The Balaban J connectivity index is 1.69. The summed E-state index contributed by atoms with van der Waals surface area (Å²) < 4.78 is 0. The Bertz CT molecular complexity index is 382. The third-order valence-electron chi connectivity index (χ3n) is 4.01. The second-order valence-electron chi connectivity index (χ2n) is 5.17. The van der Waals surface area contributed by atoms with Crippen molar-refractivity contribution in [2.24, 2.45) is 0 Å². The Morgan fingerprint density at radius 2 is 2.25 bits per heavy atom. The normalized spacial score (nSPS) is 19.4. The van der Waals surface area contributed by atoms with E-state index in [-0.39, 0.29) is 0 Å². The van der Waals surface area contributed by atoms with Gasteiger partial charge in [0.15, 0.2) is 0 Å². The molecule has 1 aliphatic carbocycles. The maximum Gasteiger partial charge on any atom is 0.0376 e. The zero-order valence-electron chi connectivity index (χ0n) is 10.00. The summed E-state index contributed by atoms with van der Waals surface area (Å²) in [7, 11) is 2.25. The van der Waals surface area contributed by atoms with Gasteiger partial charge in [-0.15, -0.1) is 0 Å². The van der Waals surface area contributed by atoms with Crippen LogP contribution in [0.4, 0.5) is 5.69 Å². The number of fused-ring (bicyclic) bond motifs is 1. The monoisotopic (exact) mass is 216 g/mol. The van der Waals surface area contributed by atoms with E-state index in [1.165, 1.54) is 42.5 Å². The van der Waals surface area contributed by atoms with Gasteiger partial charge in [-0.3, -0.25) is 4.90 Å². The highest BCUT2D eigenvalue weighted by molar-refractivity contribution is 5.56. The number of nitrogens with one attached hydrogen (secondary N) is 1. The van der Waals surface area contributed by atoms with Crippen molar-refractivity contribution >= 4 is 5.69 Å². The van der Waals surface area contributed by atoms with E-state index in [0.717, 1.165) is 19.1 Å². The quantitative estimate of drug-likeness (QED) is 0.835. The summed E-state index contributed by atoms with van der Waals surface area (Å²) in [6.45, 7) is 2.21. The molecular weight excluding hydrogens is 196 g/mol. The molecule has 2 heteroatoms. The van der Waals surface area contributed by atoms with Gasteiger partial charge in [-0.05, 0) is 43.5 Å². The maximum absolute atomic E-state index is 3.45. The molecule has 86 valence electrons. The molecule has 0 spiro atoms. The van der Waals surface area contributed by atoms with Gasteiger partial charge >= 0.3 is 0 Å². The summed E-state index contributed by atoms with van der Waals surface area (Å²) in [5, 5.41) is 3.45. The number of nitrogens with zero attached hydrogens (tertiary/aromatic N) is 1. The van der Waals surface area contributed by atoms with E-state index >= 15 is 0 Å². The number of anilines is 1. The Hall–Kier alpha value is -1.02. The van der Waals surface area contributed by atoms with Gasteiger partial charge in [0.2, 0.25) is 0 Å². The molecule has 0 bridgehead atoms. The van der Waals surface area contributed by atoms with Crippen LogP contribution in [0.2, 0.25) is 0 Å². The fourth-order valence-electron chi connectivity index (χ4n) is 2.68. The van der Waals surface area contributed by atoms with Crippen molar-refractivity contribution in [3.05, 3.63) is 29.3 Å². The van der Waals surface area contributed by atoms with Crippen molar-refractivity contribution in [3.63, 3.8) is 0 Å². The van der Waals surface area contributed by atoms with Gasteiger partial charge in [-0.1, -0.05) is 18.6 Å². The predicted octanol–water partition coefficient (Wildman–Crippen LogP) is 2.64. The van der Waals surface area contributed by atoms with E-state index in [2.05, 4.69) is 35.5 Å². The van der Waals surface area contributed by atoms with Crippen LogP contribution in [-0.4, -0.2) is 24.5 Å². The summed E-state index contributed by atoms with van der Waals surface area (Å²) in [6, 6.07) is 7.75. The number of benzene rings is 1. The Labute approximate surface area is 97.6 Å². The molecule has 1 heterocycles. The third-order valence-corrected chi connectivity index (χ3v) is 4.01. The minimum atomic E-state index is 0.834. The molecule has 1 saturated carbocycles. The van der Waals surface area contributed by atoms with Gasteiger partial charge in [-0.2, -0.15) is 0 Å². The van der Waals surface area contributed by atoms with E-state index in [0.29, 0.717) is 0 Å². The average molecular weight is 216 g/mol. The predicted molar refractivity (Wildman–Crippen MR) is 67.7 cm³/mol. The average Bonchev–Trinajstić information content (AvgIpc) is 2.61. The molecule has 0 aromatic heterocycles. The Morgan fingerprint density at radius 1 is 1.38 bits per heavy atom.